The zero-order chi connectivity index (χ0) is 65.1. The minimum atomic E-state index is -0.892. The van der Waals surface area contributed by atoms with Gasteiger partial charge in [-0.3, -0.25) is 34.2 Å². The Morgan fingerprint density at radius 3 is 1.51 bits per heavy atom. The summed E-state index contributed by atoms with van der Waals surface area (Å²) in [6.45, 7) is 12.7. The number of H-pyrrole nitrogens is 2. The first kappa shape index (κ1) is 72.0. The number of nitrogens with zero attached hydrogens (tertiary/aromatic N) is 12. The van der Waals surface area contributed by atoms with E-state index in [1.54, 1.807) is 37.2 Å². The summed E-state index contributed by atoms with van der Waals surface area (Å²) in [4.78, 5) is 94.9. The van der Waals surface area contributed by atoms with Crippen LogP contribution in [0.5, 0.6) is 0 Å². The highest BCUT2D eigenvalue weighted by atomic mass is 35.5. The van der Waals surface area contributed by atoms with E-state index < -0.39 is 5.97 Å². The molecule has 2 atom stereocenters. The number of likely N-dealkylation sites (tertiary alicyclic amines) is 2. The highest BCUT2D eigenvalue weighted by Crippen LogP contribution is 2.32. The zero-order valence-electron chi connectivity index (χ0n) is 54.0. The lowest BCUT2D eigenvalue weighted by Crippen LogP contribution is -2.42. The van der Waals surface area contributed by atoms with Gasteiger partial charge in [-0.15, -0.1) is 12.4 Å². The lowest BCUT2D eigenvalue weighted by Gasteiger charge is -2.32. The maximum absolute atomic E-state index is 13.2. The Kier molecular flexibility index (Phi) is 27.0. The molecule has 4 aliphatic rings. The van der Waals surface area contributed by atoms with Gasteiger partial charge in [0.25, 0.3) is 11.8 Å². The van der Waals surface area contributed by atoms with Crippen LogP contribution in [-0.4, -0.2) is 214 Å². The second-order valence-corrected chi connectivity index (χ2v) is 24.4. The molecule has 2 amide bonds. The number of anilines is 4. The fourth-order valence-corrected chi connectivity index (χ4v) is 11.8. The van der Waals surface area contributed by atoms with Gasteiger partial charge in [0.05, 0.1) is 37.2 Å². The number of likely N-dealkylation sites (N-methyl/N-ethyl adjacent to an activating group) is 2. The minimum Gasteiger partial charge on any atom is -0.478 e. The number of amides is 2. The van der Waals surface area contributed by atoms with Crippen LogP contribution in [0.3, 0.4) is 0 Å². The molecule has 2 aromatic carbocycles. The Morgan fingerprint density at radius 1 is 0.600 bits per heavy atom. The van der Waals surface area contributed by atoms with Crippen LogP contribution < -0.4 is 26.2 Å². The molecule has 4 fully saturated rings. The van der Waals surface area contributed by atoms with Crippen LogP contribution in [0.15, 0.2) is 134 Å². The van der Waals surface area contributed by atoms with Gasteiger partial charge in [0.2, 0.25) is 0 Å². The van der Waals surface area contributed by atoms with Crippen LogP contribution >= 0.6 is 12.4 Å². The number of halogens is 1. The maximum atomic E-state index is 13.2. The fraction of sp³-hybridized carbons (Fsp3) is 0.400. The minimum absolute atomic E-state index is 0. The van der Waals surface area contributed by atoms with E-state index >= 15 is 0 Å². The molecular weight excluding hydrogens is 1230 g/mol. The molecule has 7 N–H and O–H groups in total. The number of aliphatic carboxylic acids is 1. The average molecular weight is 1320 g/mol. The molecule has 0 radical (unpaired) electrons. The molecule has 6 aromatic heterocycles. The summed E-state index contributed by atoms with van der Waals surface area (Å²) in [6.07, 6.45) is 17.9. The number of hydrogen-bond acceptors (Lipinski definition) is 19. The third-order valence-electron chi connectivity index (χ3n) is 16.4. The Hall–Kier alpha value is -8.85. The van der Waals surface area contributed by atoms with E-state index in [0.29, 0.717) is 68.1 Å². The van der Waals surface area contributed by atoms with E-state index in [0.717, 1.165) is 171 Å². The number of benzene rings is 2. The maximum Gasteiger partial charge on any atom is 0.328 e. The van der Waals surface area contributed by atoms with Gasteiger partial charge in [0.15, 0.2) is 5.78 Å². The van der Waals surface area contributed by atoms with Gasteiger partial charge in [-0.05, 0) is 162 Å². The van der Waals surface area contributed by atoms with Crippen molar-refractivity contribution in [2.75, 3.05) is 140 Å². The number of carbonyl (C=O) groups is 4. The molecule has 24 nitrogen and oxygen atoms in total. The second-order valence-electron chi connectivity index (χ2n) is 24.4. The van der Waals surface area contributed by atoms with Crippen molar-refractivity contribution >= 4 is 81.1 Å². The van der Waals surface area contributed by atoms with E-state index in [1.165, 1.54) is 0 Å². The molecule has 0 spiro atoms. The lowest BCUT2D eigenvalue weighted by atomic mass is 9.92. The number of morpholine rings is 2. The average Bonchev–Trinajstić information content (AvgIpc) is 1.67. The molecule has 4 saturated heterocycles. The second kappa shape index (κ2) is 35.6. The van der Waals surface area contributed by atoms with Gasteiger partial charge in [-0.25, -0.2) is 24.7 Å². The number of fused-ring (bicyclic) bond motifs is 2. The topological polar surface area (TPSA) is 285 Å². The summed E-state index contributed by atoms with van der Waals surface area (Å²) < 4.78 is 11.0. The summed E-state index contributed by atoms with van der Waals surface area (Å²) in [6, 6.07) is 27.5. The van der Waals surface area contributed by atoms with Crippen LogP contribution in [0.25, 0.3) is 44.6 Å². The molecule has 0 unspecified atom stereocenters. The number of nitrogens with two attached hydrogens (primary N) is 1. The van der Waals surface area contributed by atoms with Crippen molar-refractivity contribution in [2.24, 2.45) is 11.7 Å². The normalized spacial score (nSPS) is 17.0. The van der Waals surface area contributed by atoms with Gasteiger partial charge < -0.3 is 60.5 Å². The Bertz CT molecular complexity index is 3850. The van der Waals surface area contributed by atoms with Gasteiger partial charge >= 0.3 is 5.97 Å². The number of carbonyl (C=O) groups excluding carboxylic acids is 3. The highest BCUT2D eigenvalue weighted by molar-refractivity contribution is 6.04. The molecule has 504 valence electrons. The standard InChI is InChI=1S/C35H42N8O3.C28H32N8O2.C6H11NO2.CH4.ClH/c1-41(2)13-4-6-29(44)19-25-5-3-14-42(22-25)23-26-11-12-36-32(20-26)35(45)39-28-9-7-27(8-10-28)31-21-30-33(40-31)37-24-38-34(30)43-15-17-46-18-16-43;29-21-2-1-9-35(17-21)16-19-7-8-30-25(14-19)28(37)33-22-5-3-20(4-6-22)24-15-23-26(34-24)31-18-32-27(23)36-10-12-38-13-11-36;1-7(2)5-3-4-6(8)9;;/h4,6-12,20-21,24-25H,3,5,13-19,22-23H2,1-2H3,(H,39,45)(H,37,38,40);3-8,14-15,18,21H,1-2,9-13,16-17,29H2,(H,33,37)(H,31,32,34);3-4H,5H2,1-2H3,(H,8,9);1H4;1H/b6-4+;;4-3+;;/t25-;21-;;;/m01.../s1. The predicted octanol–water partition coefficient (Wildman–Crippen LogP) is 8.68. The van der Waals surface area contributed by atoms with Crippen LogP contribution in [0.4, 0.5) is 23.0 Å². The zero-order valence-corrected chi connectivity index (χ0v) is 54.8. The van der Waals surface area contributed by atoms with Crippen molar-refractivity contribution in [3.05, 3.63) is 157 Å². The van der Waals surface area contributed by atoms with Crippen LogP contribution in [0.2, 0.25) is 0 Å². The van der Waals surface area contributed by atoms with E-state index in [-0.39, 0.29) is 43.5 Å². The SMILES string of the molecule is C.CN(C)C/C=C/C(=O)C[C@@H]1CCCN(Cc2ccnc(C(=O)Nc3ccc(-c4cc5c(N6CCOCC6)ncnc5[nH]4)cc3)c2)C1.CN(C)C/C=C/C(=O)O.Cl.N[C@@H]1CCCN(Cc2ccnc(C(=O)Nc3ccc(-c4cc5c(N6CCOCC6)ncnc5[nH]4)cc3)c2)C1. The Balaban J connectivity index is 0.000000214. The summed E-state index contributed by atoms with van der Waals surface area (Å²) in [5, 5.41) is 16.0. The first-order valence-corrected chi connectivity index (χ1v) is 31.8. The first-order valence-electron chi connectivity index (χ1n) is 31.8. The summed E-state index contributed by atoms with van der Waals surface area (Å²) >= 11 is 0. The van der Waals surface area contributed by atoms with E-state index in [9.17, 15) is 19.2 Å². The Morgan fingerprint density at radius 2 is 1.05 bits per heavy atom. The fourth-order valence-electron chi connectivity index (χ4n) is 11.8. The molecule has 0 saturated carbocycles. The molecule has 25 heteroatoms. The number of nitrogens with one attached hydrogen (secondary N) is 4. The first-order chi connectivity index (χ1) is 45.2. The summed E-state index contributed by atoms with van der Waals surface area (Å²) in [7, 11) is 7.74. The van der Waals surface area contributed by atoms with Crippen molar-refractivity contribution in [3.8, 4) is 22.5 Å². The van der Waals surface area contributed by atoms with Crippen LogP contribution in [0, 0.1) is 5.92 Å². The third kappa shape index (κ3) is 21.1. The number of aromatic amines is 2. The number of allylic oxidation sites excluding steroid dienone is 1. The molecule has 12 rings (SSSR count). The molecule has 0 aliphatic carbocycles. The molecular formula is C70H90ClN17O7. The molecule has 4 aliphatic heterocycles. The van der Waals surface area contributed by atoms with E-state index in [2.05, 4.69) is 82.2 Å². The smallest absolute Gasteiger partial charge is 0.328 e. The van der Waals surface area contributed by atoms with Crippen molar-refractivity contribution in [1.29, 1.82) is 0 Å². The quantitative estimate of drug-likeness (QED) is 0.0389. The molecule has 95 heavy (non-hydrogen) atoms. The summed E-state index contributed by atoms with van der Waals surface area (Å²) in [5.41, 5.74) is 15.8. The van der Waals surface area contributed by atoms with Crippen molar-refractivity contribution in [1.82, 2.24) is 59.5 Å². The van der Waals surface area contributed by atoms with E-state index in [4.69, 9.17) is 20.3 Å². The Labute approximate surface area is 561 Å². The third-order valence-corrected chi connectivity index (χ3v) is 16.4. The lowest BCUT2D eigenvalue weighted by molar-refractivity contribution is -0.131. The number of aromatic nitrogens is 8. The number of piperidine rings is 2. The summed E-state index contributed by atoms with van der Waals surface area (Å²) in [5.74, 6) is 0.996. The molecule has 8 aromatic rings. The highest BCUT2D eigenvalue weighted by Gasteiger charge is 2.24. The predicted molar refractivity (Wildman–Crippen MR) is 376 cm³/mol. The largest absolute Gasteiger partial charge is 0.478 e. The number of hydrogen-bond donors (Lipinski definition) is 6. The number of ether oxygens (including phenoxy) is 2. The van der Waals surface area contributed by atoms with Crippen molar-refractivity contribution in [3.63, 3.8) is 0 Å². The number of rotatable bonds is 20. The van der Waals surface area contributed by atoms with Gasteiger partial charge in [-0.1, -0.05) is 43.8 Å². The monoisotopic (exact) mass is 1320 g/mol. The van der Waals surface area contributed by atoms with Gasteiger partial charge in [0.1, 0.15) is 47.0 Å². The van der Waals surface area contributed by atoms with Gasteiger partial charge in [0, 0.05) is 119 Å². The van der Waals surface area contributed by atoms with Crippen molar-refractivity contribution < 1.29 is 33.8 Å². The van der Waals surface area contributed by atoms with Crippen LogP contribution in [-0.2, 0) is 32.2 Å². The number of carboxylic acid groups (broad SMARTS) is 1. The number of pyridine rings is 2. The molecule has 10 heterocycles. The molecule has 0 bridgehead atoms. The van der Waals surface area contributed by atoms with Gasteiger partial charge in [-0.2, -0.15) is 0 Å². The van der Waals surface area contributed by atoms with E-state index in [1.807, 2.05) is 117 Å². The van der Waals surface area contributed by atoms with Crippen LogP contribution in [0.1, 0.15) is 71.6 Å². The number of ketones is 1. The number of carboxylic acids is 1. The van der Waals surface area contributed by atoms with Crippen molar-refractivity contribution in [2.45, 2.75) is 58.7 Å².